The van der Waals surface area contributed by atoms with Crippen molar-refractivity contribution in [3.8, 4) is 5.75 Å². The predicted molar refractivity (Wildman–Crippen MR) is 121 cm³/mol. The molecule has 3 heterocycles. The van der Waals surface area contributed by atoms with Gasteiger partial charge in [-0.3, -0.25) is 9.59 Å². The molecule has 8 heteroatoms. The number of amides is 2. The van der Waals surface area contributed by atoms with Gasteiger partial charge in [-0.2, -0.15) is 0 Å². The van der Waals surface area contributed by atoms with Gasteiger partial charge in [-0.1, -0.05) is 12.1 Å². The number of carbonyl (C=O) groups excluding carboxylic acids is 2. The van der Waals surface area contributed by atoms with Crippen molar-refractivity contribution in [2.24, 2.45) is 0 Å². The molecule has 0 spiro atoms. The summed E-state index contributed by atoms with van der Waals surface area (Å²) in [6.07, 6.45) is 0. The summed E-state index contributed by atoms with van der Waals surface area (Å²) in [6.45, 7) is 4.16. The average Bonchev–Trinajstić information content (AvgIpc) is 3.36. The highest BCUT2D eigenvalue weighted by atomic mass is 32.1. The number of hydrogen-bond acceptors (Lipinski definition) is 5. The molecule has 1 saturated heterocycles. The van der Waals surface area contributed by atoms with Crippen LogP contribution in [0.4, 0.5) is 0 Å². The van der Waals surface area contributed by atoms with Gasteiger partial charge in [-0.25, -0.2) is 0 Å². The highest BCUT2D eigenvalue weighted by molar-refractivity contribution is 7.16. The lowest BCUT2D eigenvalue weighted by atomic mass is 10.1. The summed E-state index contributed by atoms with van der Waals surface area (Å²) in [4.78, 5) is 30.5. The maximum atomic E-state index is 13.5. The molecule has 0 bridgehead atoms. The minimum atomic E-state index is -0.0525. The normalized spacial score (nSPS) is 16.7. The second-order valence-corrected chi connectivity index (χ2v) is 8.66. The maximum absolute atomic E-state index is 13.5. The zero-order chi connectivity index (χ0) is 22.0. The number of fused-ring (bicyclic) bond motifs is 1. The van der Waals surface area contributed by atoms with Crippen LogP contribution >= 0.6 is 11.3 Å². The van der Waals surface area contributed by atoms with Crippen LogP contribution in [0.3, 0.4) is 0 Å². The van der Waals surface area contributed by atoms with Crippen LogP contribution in [0.1, 0.15) is 23.0 Å². The second kappa shape index (κ2) is 9.11. The van der Waals surface area contributed by atoms with Gasteiger partial charge in [0.25, 0.3) is 5.91 Å². The number of thiophene rings is 1. The lowest BCUT2D eigenvalue weighted by molar-refractivity contribution is -0.139. The molecular formula is C23H27N3O4S. The average molecular weight is 442 g/mol. The van der Waals surface area contributed by atoms with Crippen LogP contribution in [0.2, 0.25) is 0 Å². The quantitative estimate of drug-likeness (QED) is 0.590. The Hall–Kier alpha value is -2.84. The Bertz CT molecular complexity index is 1090. The van der Waals surface area contributed by atoms with E-state index in [1.807, 2.05) is 53.6 Å². The highest BCUT2D eigenvalue weighted by Crippen LogP contribution is 2.28. The Morgan fingerprint density at radius 3 is 2.74 bits per heavy atom. The van der Waals surface area contributed by atoms with Gasteiger partial charge in [0, 0.05) is 44.7 Å². The number of hydrogen-bond donors (Lipinski definition) is 0. The van der Waals surface area contributed by atoms with Gasteiger partial charge in [-0.05, 0) is 42.1 Å². The minimum Gasteiger partial charge on any atom is -0.497 e. The molecule has 1 atom stereocenters. The van der Waals surface area contributed by atoms with Crippen LogP contribution < -0.4 is 4.74 Å². The molecule has 4 rings (SSSR count). The van der Waals surface area contributed by atoms with Gasteiger partial charge in [0.05, 0.1) is 7.11 Å². The Morgan fingerprint density at radius 1 is 1.16 bits per heavy atom. The lowest BCUT2D eigenvalue weighted by Crippen LogP contribution is -2.56. The number of methoxy groups -OCH3 is 2. The number of aromatic nitrogens is 1. The lowest BCUT2D eigenvalue weighted by Gasteiger charge is -2.39. The maximum Gasteiger partial charge on any atom is 0.270 e. The van der Waals surface area contributed by atoms with Crippen molar-refractivity contribution in [1.82, 2.24) is 14.4 Å². The first-order valence-corrected chi connectivity index (χ1v) is 11.2. The largest absolute Gasteiger partial charge is 0.497 e. The van der Waals surface area contributed by atoms with Crippen molar-refractivity contribution in [3.63, 3.8) is 0 Å². The predicted octanol–water partition coefficient (Wildman–Crippen LogP) is 3.08. The molecule has 0 aliphatic carbocycles. The molecule has 1 aliphatic heterocycles. The first-order chi connectivity index (χ1) is 15.0. The summed E-state index contributed by atoms with van der Waals surface area (Å²) in [5.41, 5.74) is 1.75. The van der Waals surface area contributed by atoms with Crippen LogP contribution in [0.5, 0.6) is 5.75 Å². The van der Waals surface area contributed by atoms with E-state index >= 15 is 0 Å². The van der Waals surface area contributed by atoms with E-state index < -0.39 is 0 Å². The van der Waals surface area contributed by atoms with Gasteiger partial charge in [0.15, 0.2) is 0 Å². The first kappa shape index (κ1) is 21.4. The van der Waals surface area contributed by atoms with Crippen LogP contribution in [0.25, 0.3) is 10.2 Å². The summed E-state index contributed by atoms with van der Waals surface area (Å²) in [6, 6.07) is 11.9. The Labute approximate surface area is 185 Å². The molecule has 2 aromatic heterocycles. The van der Waals surface area contributed by atoms with Crippen molar-refractivity contribution in [1.29, 1.82) is 0 Å². The van der Waals surface area contributed by atoms with E-state index in [1.165, 1.54) is 7.11 Å². The van der Waals surface area contributed by atoms with Gasteiger partial charge in [0.1, 0.15) is 22.9 Å². The Morgan fingerprint density at radius 2 is 2.00 bits per heavy atom. The van der Waals surface area contributed by atoms with Crippen LogP contribution in [-0.2, 0) is 16.1 Å². The third kappa shape index (κ3) is 4.31. The molecule has 164 valence electrons. The molecular weight excluding hydrogens is 414 g/mol. The van der Waals surface area contributed by atoms with Crippen molar-refractivity contribution in [2.75, 3.05) is 40.5 Å². The summed E-state index contributed by atoms with van der Waals surface area (Å²) < 4.78 is 12.4. The fourth-order valence-corrected chi connectivity index (χ4v) is 5.04. The topological polar surface area (TPSA) is 64.0 Å². The van der Waals surface area contributed by atoms with Crippen molar-refractivity contribution in [2.45, 2.75) is 19.5 Å². The minimum absolute atomic E-state index is 0.00279. The SMILES string of the molecule is COCC(=O)N1CCN(C(=O)c2cc3ccsc3n2Cc2cccc(OC)c2)CC1C. The molecule has 1 aliphatic rings. The van der Waals surface area contributed by atoms with E-state index in [0.29, 0.717) is 31.9 Å². The summed E-state index contributed by atoms with van der Waals surface area (Å²) in [7, 11) is 3.17. The Balaban J connectivity index is 1.58. The van der Waals surface area contributed by atoms with Gasteiger partial charge in [0.2, 0.25) is 5.91 Å². The highest BCUT2D eigenvalue weighted by Gasteiger charge is 2.31. The molecule has 1 aromatic carbocycles. The number of piperazine rings is 1. The monoisotopic (exact) mass is 441 g/mol. The summed E-state index contributed by atoms with van der Waals surface area (Å²) in [5.74, 6) is 0.756. The number of benzene rings is 1. The molecule has 0 saturated carbocycles. The number of rotatable bonds is 6. The molecule has 2 amide bonds. The molecule has 1 unspecified atom stereocenters. The second-order valence-electron chi connectivity index (χ2n) is 7.77. The van der Waals surface area contributed by atoms with Gasteiger partial charge in [-0.15, -0.1) is 11.3 Å². The third-order valence-corrected chi connectivity index (χ3v) is 6.65. The zero-order valence-electron chi connectivity index (χ0n) is 18.0. The standard InChI is InChI=1S/C23H27N3O4S/c1-16-13-24(8-9-25(16)21(27)15-29-2)22(28)20-12-18-7-10-31-23(18)26(20)14-17-5-4-6-19(11-17)30-3/h4-7,10-12,16H,8-9,13-15H2,1-3H3. The number of ether oxygens (including phenoxy) is 2. The van der Waals surface area contributed by atoms with E-state index in [-0.39, 0.29) is 24.5 Å². The molecule has 0 radical (unpaired) electrons. The van der Waals surface area contributed by atoms with E-state index in [0.717, 1.165) is 21.5 Å². The number of carbonyl (C=O) groups is 2. The van der Waals surface area contributed by atoms with Crippen molar-refractivity contribution in [3.05, 3.63) is 53.0 Å². The fourth-order valence-electron chi connectivity index (χ4n) is 4.14. The number of nitrogens with zero attached hydrogens (tertiary/aromatic N) is 3. The van der Waals surface area contributed by atoms with E-state index in [1.54, 1.807) is 23.3 Å². The fraction of sp³-hybridized carbons (Fsp3) is 0.391. The molecule has 31 heavy (non-hydrogen) atoms. The van der Waals surface area contributed by atoms with Crippen LogP contribution in [0.15, 0.2) is 41.8 Å². The van der Waals surface area contributed by atoms with E-state index in [9.17, 15) is 9.59 Å². The zero-order valence-corrected chi connectivity index (χ0v) is 18.9. The van der Waals surface area contributed by atoms with Crippen molar-refractivity contribution < 1.29 is 19.1 Å². The molecule has 0 N–H and O–H groups in total. The smallest absolute Gasteiger partial charge is 0.270 e. The van der Waals surface area contributed by atoms with Crippen molar-refractivity contribution >= 4 is 33.4 Å². The first-order valence-electron chi connectivity index (χ1n) is 10.3. The molecule has 7 nitrogen and oxygen atoms in total. The third-order valence-electron chi connectivity index (χ3n) is 5.70. The van der Waals surface area contributed by atoms with E-state index in [4.69, 9.17) is 9.47 Å². The van der Waals surface area contributed by atoms with Gasteiger partial charge >= 0.3 is 0 Å². The van der Waals surface area contributed by atoms with E-state index in [2.05, 4.69) is 4.57 Å². The van der Waals surface area contributed by atoms with Crippen LogP contribution in [0, 0.1) is 0 Å². The summed E-state index contributed by atoms with van der Waals surface area (Å²) >= 11 is 1.63. The van der Waals surface area contributed by atoms with Crippen LogP contribution in [-0.4, -0.2) is 72.7 Å². The van der Waals surface area contributed by atoms with Gasteiger partial charge < -0.3 is 23.8 Å². The molecule has 3 aromatic rings. The summed E-state index contributed by atoms with van der Waals surface area (Å²) in [5, 5.41) is 3.11. The molecule has 1 fully saturated rings. The Kier molecular flexibility index (Phi) is 6.29.